The largest absolute Gasteiger partial charge is 0.469 e. The first-order chi connectivity index (χ1) is 12.1. The molecular weight excluding hydrogens is 364 g/mol. The number of rotatable bonds is 5. The van der Waals surface area contributed by atoms with Gasteiger partial charge in [0.25, 0.3) is 0 Å². The van der Waals surface area contributed by atoms with Gasteiger partial charge in [-0.2, -0.15) is 0 Å². The van der Waals surface area contributed by atoms with Crippen LogP contribution in [0.3, 0.4) is 0 Å². The van der Waals surface area contributed by atoms with Crippen LogP contribution in [-0.4, -0.2) is 13.1 Å². The quantitative estimate of drug-likeness (QED) is 0.479. The summed E-state index contributed by atoms with van der Waals surface area (Å²) in [6.45, 7) is 0. The molecule has 0 N–H and O–H groups in total. The van der Waals surface area contributed by atoms with Crippen LogP contribution in [0.4, 0.5) is 0 Å². The Morgan fingerprint density at radius 2 is 2.20 bits per heavy atom. The molecule has 0 atom stereocenters. The van der Waals surface area contributed by atoms with Crippen LogP contribution in [0, 0.1) is 0 Å². The zero-order valence-electron chi connectivity index (χ0n) is 13.2. The zero-order chi connectivity index (χ0) is 17.8. The summed E-state index contributed by atoms with van der Waals surface area (Å²) >= 11 is 7.40. The average molecular weight is 377 g/mol. The minimum atomic E-state index is -0.407. The minimum Gasteiger partial charge on any atom is -0.469 e. The maximum Gasteiger partial charge on any atom is 0.309 e. The Hall–Kier alpha value is -2.57. The van der Waals surface area contributed by atoms with Gasteiger partial charge in [-0.1, -0.05) is 17.7 Å². The highest BCUT2D eigenvalue weighted by Gasteiger charge is 2.18. The first kappa shape index (κ1) is 17.3. The van der Waals surface area contributed by atoms with Gasteiger partial charge in [0, 0.05) is 5.02 Å². The van der Waals surface area contributed by atoms with Gasteiger partial charge in [0.05, 0.1) is 30.1 Å². The smallest absolute Gasteiger partial charge is 0.309 e. The molecule has 3 aromatic rings. The Balaban J connectivity index is 2.07. The molecule has 128 valence electrons. The van der Waals surface area contributed by atoms with E-state index >= 15 is 0 Å². The van der Waals surface area contributed by atoms with E-state index in [9.17, 15) is 9.59 Å². The lowest BCUT2D eigenvalue weighted by Crippen LogP contribution is -2.07. The second-order valence-electron chi connectivity index (χ2n) is 4.98. The van der Waals surface area contributed by atoms with Crippen molar-refractivity contribution < 1.29 is 18.7 Å². The van der Waals surface area contributed by atoms with Gasteiger partial charge in [0.2, 0.25) is 11.2 Å². The molecule has 0 unspecified atom stereocenters. The fourth-order valence-corrected chi connectivity index (χ4v) is 3.05. The molecule has 2 heterocycles. The van der Waals surface area contributed by atoms with Gasteiger partial charge < -0.3 is 13.9 Å². The molecule has 0 bridgehead atoms. The molecule has 3 rings (SSSR count). The summed E-state index contributed by atoms with van der Waals surface area (Å²) in [5.74, 6) is -0.0356. The van der Waals surface area contributed by atoms with Crippen LogP contribution in [0.25, 0.3) is 21.6 Å². The number of halogens is 1. The fraction of sp³-hybridized carbons (Fsp3) is 0.111. The van der Waals surface area contributed by atoms with E-state index in [0.29, 0.717) is 21.8 Å². The predicted octanol–water partition coefficient (Wildman–Crippen LogP) is 4.63. The van der Waals surface area contributed by atoms with E-state index in [0.717, 1.165) is 4.88 Å². The number of thiophene rings is 1. The molecule has 0 aliphatic carbocycles. The van der Waals surface area contributed by atoms with Crippen molar-refractivity contribution in [3.05, 3.63) is 63.3 Å². The van der Waals surface area contributed by atoms with Crippen LogP contribution in [0.15, 0.2) is 57.3 Å². The Kier molecular flexibility index (Phi) is 5.21. The molecule has 0 saturated carbocycles. The third-order valence-electron chi connectivity index (χ3n) is 3.35. The Morgan fingerprint density at radius 3 is 2.92 bits per heavy atom. The number of hydrogen-bond acceptors (Lipinski definition) is 6. The number of benzene rings is 1. The summed E-state index contributed by atoms with van der Waals surface area (Å²) in [5, 5.41) is 2.62. The Morgan fingerprint density at radius 1 is 1.36 bits per heavy atom. The normalized spacial score (nSPS) is 11.1. The van der Waals surface area contributed by atoms with E-state index in [2.05, 4.69) is 4.74 Å². The monoisotopic (exact) mass is 376 g/mol. The molecule has 0 radical (unpaired) electrons. The van der Waals surface area contributed by atoms with Gasteiger partial charge in [0.15, 0.2) is 5.76 Å². The highest BCUT2D eigenvalue weighted by atomic mass is 35.5. The molecule has 0 aliphatic heterocycles. The summed E-state index contributed by atoms with van der Waals surface area (Å²) in [6, 6.07) is 8.51. The topological polar surface area (TPSA) is 65.7 Å². The molecule has 25 heavy (non-hydrogen) atoms. The number of carbonyl (C=O) groups excluding carboxylic acids is 1. The van der Waals surface area contributed by atoms with Crippen LogP contribution >= 0.6 is 22.9 Å². The molecule has 7 heteroatoms. The van der Waals surface area contributed by atoms with E-state index in [4.69, 9.17) is 20.8 Å². The third kappa shape index (κ3) is 3.75. The molecular formula is C18H13ClO5S. The summed E-state index contributed by atoms with van der Waals surface area (Å²) in [5.41, 5.74) is 0.0820. The molecule has 5 nitrogen and oxygen atoms in total. The molecule has 1 aromatic carbocycles. The molecule has 2 aromatic heterocycles. The fourth-order valence-electron chi connectivity index (χ4n) is 2.17. The summed E-state index contributed by atoms with van der Waals surface area (Å²) < 4.78 is 15.9. The molecule has 0 saturated heterocycles. The van der Waals surface area contributed by atoms with Crippen molar-refractivity contribution in [3.63, 3.8) is 0 Å². The maximum atomic E-state index is 12.8. The SMILES string of the molecule is COC(=O)C/C=C\Oc1c(-c2cccs2)oc2ccc(Cl)cc2c1=O. The zero-order valence-corrected chi connectivity index (χ0v) is 14.7. The van der Waals surface area contributed by atoms with E-state index in [1.54, 1.807) is 12.1 Å². The van der Waals surface area contributed by atoms with Crippen molar-refractivity contribution in [2.75, 3.05) is 7.11 Å². The summed E-state index contributed by atoms with van der Waals surface area (Å²) in [4.78, 5) is 24.7. The summed E-state index contributed by atoms with van der Waals surface area (Å²) in [6.07, 6.45) is 2.78. The Bertz CT molecular complexity index is 989. The van der Waals surface area contributed by atoms with E-state index in [-0.39, 0.29) is 17.6 Å². The van der Waals surface area contributed by atoms with Crippen molar-refractivity contribution >= 4 is 39.9 Å². The molecule has 0 aliphatic rings. The van der Waals surface area contributed by atoms with Crippen LogP contribution in [-0.2, 0) is 9.53 Å². The first-order valence-corrected chi connectivity index (χ1v) is 8.54. The summed E-state index contributed by atoms with van der Waals surface area (Å²) in [7, 11) is 1.30. The molecule has 0 fully saturated rings. The van der Waals surface area contributed by atoms with Crippen LogP contribution in [0.1, 0.15) is 6.42 Å². The van der Waals surface area contributed by atoms with E-state index in [1.165, 1.54) is 36.9 Å². The highest BCUT2D eigenvalue weighted by molar-refractivity contribution is 7.13. The lowest BCUT2D eigenvalue weighted by Gasteiger charge is -2.08. The van der Waals surface area contributed by atoms with E-state index in [1.807, 2.05) is 17.5 Å². The number of esters is 1. The lowest BCUT2D eigenvalue weighted by molar-refractivity contribution is -0.139. The van der Waals surface area contributed by atoms with Crippen molar-refractivity contribution in [3.8, 4) is 16.4 Å². The van der Waals surface area contributed by atoms with Crippen molar-refractivity contribution in [1.29, 1.82) is 0 Å². The van der Waals surface area contributed by atoms with Crippen LogP contribution < -0.4 is 10.2 Å². The van der Waals surface area contributed by atoms with Gasteiger partial charge in [-0.05, 0) is 35.7 Å². The van der Waals surface area contributed by atoms with Gasteiger partial charge >= 0.3 is 5.97 Å². The van der Waals surface area contributed by atoms with Gasteiger partial charge in [0.1, 0.15) is 5.58 Å². The number of ether oxygens (including phenoxy) is 2. The predicted molar refractivity (Wildman–Crippen MR) is 97.2 cm³/mol. The van der Waals surface area contributed by atoms with Crippen LogP contribution in [0.5, 0.6) is 5.75 Å². The number of carbonyl (C=O) groups is 1. The highest BCUT2D eigenvalue weighted by Crippen LogP contribution is 2.34. The molecule has 0 amide bonds. The van der Waals surface area contributed by atoms with Gasteiger partial charge in [-0.25, -0.2) is 0 Å². The van der Waals surface area contributed by atoms with Gasteiger partial charge in [-0.3, -0.25) is 9.59 Å². The first-order valence-electron chi connectivity index (χ1n) is 7.29. The number of hydrogen-bond donors (Lipinski definition) is 0. The molecule has 0 spiro atoms. The van der Waals surface area contributed by atoms with E-state index < -0.39 is 5.97 Å². The van der Waals surface area contributed by atoms with Crippen molar-refractivity contribution in [2.24, 2.45) is 0 Å². The number of methoxy groups -OCH3 is 1. The van der Waals surface area contributed by atoms with Crippen molar-refractivity contribution in [1.82, 2.24) is 0 Å². The lowest BCUT2D eigenvalue weighted by atomic mass is 10.2. The second-order valence-corrected chi connectivity index (χ2v) is 6.36. The standard InChI is InChI=1S/C18H13ClO5S/c1-22-15(20)5-2-8-23-18-16(21)12-10-11(19)6-7-13(12)24-17(18)14-4-3-9-25-14/h2-4,6-10H,5H2,1H3/b8-2-. The van der Waals surface area contributed by atoms with Gasteiger partial charge in [-0.15, -0.1) is 11.3 Å². The number of fused-ring (bicyclic) bond motifs is 1. The Labute approximate surface area is 152 Å². The maximum absolute atomic E-state index is 12.8. The van der Waals surface area contributed by atoms with Crippen molar-refractivity contribution in [2.45, 2.75) is 6.42 Å². The third-order valence-corrected chi connectivity index (χ3v) is 4.45. The average Bonchev–Trinajstić information content (AvgIpc) is 3.14. The second kappa shape index (κ2) is 7.55. The minimum absolute atomic E-state index is 0.0373. The van der Waals surface area contributed by atoms with Crippen LogP contribution in [0.2, 0.25) is 5.02 Å².